The van der Waals surface area contributed by atoms with Crippen molar-refractivity contribution in [3.05, 3.63) is 30.1 Å². The fourth-order valence-corrected chi connectivity index (χ4v) is 2.17. The summed E-state index contributed by atoms with van der Waals surface area (Å²) in [6, 6.07) is 6.76. The second-order valence-corrected chi connectivity index (χ2v) is 4.89. The highest BCUT2D eigenvalue weighted by atomic mass is 19.1. The molecule has 6 heteroatoms. The summed E-state index contributed by atoms with van der Waals surface area (Å²) >= 11 is 0. The minimum absolute atomic E-state index is 0.230. The van der Waals surface area contributed by atoms with E-state index in [-0.39, 0.29) is 5.82 Å². The molecule has 0 unspecified atom stereocenters. The molecule has 1 aliphatic heterocycles. The molecule has 22 heavy (non-hydrogen) atoms. The minimum atomic E-state index is -0.230. The smallest absolute Gasteiger partial charge is 0.146 e. The predicted octanol–water partition coefficient (Wildman–Crippen LogP) is 1.71. The molecular formula is C16H24FNO4. The van der Waals surface area contributed by atoms with Crippen LogP contribution in [0.2, 0.25) is 0 Å². The highest BCUT2D eigenvalue weighted by Crippen LogP contribution is 2.18. The predicted molar refractivity (Wildman–Crippen MR) is 81.9 cm³/mol. The Morgan fingerprint density at radius 2 is 1.14 bits per heavy atom. The van der Waals surface area contributed by atoms with Crippen molar-refractivity contribution in [3.63, 3.8) is 0 Å². The van der Waals surface area contributed by atoms with E-state index in [9.17, 15) is 4.39 Å². The van der Waals surface area contributed by atoms with E-state index in [2.05, 4.69) is 0 Å². The summed E-state index contributed by atoms with van der Waals surface area (Å²) in [5, 5.41) is 0. The third-order valence-electron chi connectivity index (χ3n) is 3.32. The van der Waals surface area contributed by atoms with Crippen molar-refractivity contribution >= 4 is 5.69 Å². The third kappa shape index (κ3) is 6.27. The fraction of sp³-hybridized carbons (Fsp3) is 0.625. The van der Waals surface area contributed by atoms with Crippen molar-refractivity contribution < 1.29 is 23.3 Å². The first-order chi connectivity index (χ1) is 10.9. The topological polar surface area (TPSA) is 40.2 Å². The van der Waals surface area contributed by atoms with Gasteiger partial charge in [-0.25, -0.2) is 4.39 Å². The van der Waals surface area contributed by atoms with Crippen LogP contribution in [0.1, 0.15) is 0 Å². The maximum Gasteiger partial charge on any atom is 0.146 e. The molecule has 1 fully saturated rings. The molecule has 0 aliphatic carbocycles. The standard InChI is InChI=1S/C16H24FNO4/c17-15-3-1-2-4-16(15)18-5-7-19-9-11-21-13-14-22-12-10-20-8-6-18/h1-4H,5-14H2. The zero-order valence-corrected chi connectivity index (χ0v) is 12.8. The van der Waals surface area contributed by atoms with Gasteiger partial charge in [0.05, 0.1) is 58.5 Å². The first-order valence-corrected chi connectivity index (χ1v) is 7.68. The fourth-order valence-electron chi connectivity index (χ4n) is 2.17. The SMILES string of the molecule is Fc1ccccc1N1CCOCCOCCOCCOCC1. The van der Waals surface area contributed by atoms with Gasteiger partial charge in [0.2, 0.25) is 0 Å². The largest absolute Gasteiger partial charge is 0.377 e. The van der Waals surface area contributed by atoms with Gasteiger partial charge in [0, 0.05) is 13.1 Å². The molecule has 1 aromatic rings. The molecule has 0 amide bonds. The van der Waals surface area contributed by atoms with Gasteiger partial charge in [-0.15, -0.1) is 0 Å². The van der Waals surface area contributed by atoms with Crippen molar-refractivity contribution in [2.45, 2.75) is 0 Å². The monoisotopic (exact) mass is 313 g/mol. The molecule has 0 bridgehead atoms. The quantitative estimate of drug-likeness (QED) is 0.789. The van der Waals surface area contributed by atoms with Crippen molar-refractivity contribution in [3.8, 4) is 0 Å². The van der Waals surface area contributed by atoms with Crippen LogP contribution in [0.4, 0.5) is 10.1 Å². The van der Waals surface area contributed by atoms with Gasteiger partial charge in [0.15, 0.2) is 0 Å². The Hall–Kier alpha value is -1.21. The van der Waals surface area contributed by atoms with E-state index in [1.54, 1.807) is 12.1 Å². The Bertz CT molecular complexity index is 403. The zero-order chi connectivity index (χ0) is 15.5. The maximum atomic E-state index is 13.9. The molecule has 124 valence electrons. The molecule has 1 heterocycles. The molecule has 0 radical (unpaired) electrons. The summed E-state index contributed by atoms with van der Waals surface area (Å²) < 4.78 is 35.8. The number of para-hydroxylation sites is 1. The Labute approximate surface area is 130 Å². The summed E-state index contributed by atoms with van der Waals surface area (Å²) in [5.74, 6) is -0.230. The van der Waals surface area contributed by atoms with Crippen LogP contribution in [-0.2, 0) is 18.9 Å². The molecule has 2 rings (SSSR count). The van der Waals surface area contributed by atoms with Crippen LogP contribution in [0.25, 0.3) is 0 Å². The summed E-state index contributed by atoms with van der Waals surface area (Å²) in [5.41, 5.74) is 0.575. The first-order valence-electron chi connectivity index (χ1n) is 7.68. The molecular weight excluding hydrogens is 289 g/mol. The number of benzene rings is 1. The van der Waals surface area contributed by atoms with Crippen LogP contribution in [-0.4, -0.2) is 65.9 Å². The normalized spacial score (nSPS) is 20.1. The van der Waals surface area contributed by atoms with Gasteiger partial charge in [0.1, 0.15) is 5.82 Å². The molecule has 0 N–H and O–H groups in total. The van der Waals surface area contributed by atoms with Gasteiger partial charge in [-0.1, -0.05) is 12.1 Å². The number of halogens is 1. The summed E-state index contributed by atoms with van der Waals surface area (Å²) in [6.07, 6.45) is 0. The maximum absolute atomic E-state index is 13.9. The average Bonchev–Trinajstić information content (AvgIpc) is 2.54. The third-order valence-corrected chi connectivity index (χ3v) is 3.32. The van der Waals surface area contributed by atoms with Crippen LogP contribution in [0.3, 0.4) is 0 Å². The second-order valence-electron chi connectivity index (χ2n) is 4.89. The average molecular weight is 313 g/mol. The van der Waals surface area contributed by atoms with Crippen LogP contribution >= 0.6 is 0 Å². The molecule has 5 nitrogen and oxygen atoms in total. The summed E-state index contributed by atoms with van der Waals surface area (Å²) in [4.78, 5) is 1.94. The van der Waals surface area contributed by atoms with E-state index in [1.807, 2.05) is 11.0 Å². The Kier molecular flexibility index (Phi) is 8.19. The molecule has 1 aromatic carbocycles. The molecule has 0 atom stereocenters. The van der Waals surface area contributed by atoms with E-state index < -0.39 is 0 Å². The van der Waals surface area contributed by atoms with Crippen molar-refractivity contribution in [2.24, 2.45) is 0 Å². The van der Waals surface area contributed by atoms with Crippen LogP contribution in [0.5, 0.6) is 0 Å². The van der Waals surface area contributed by atoms with E-state index in [1.165, 1.54) is 6.07 Å². The second kappa shape index (κ2) is 10.5. The molecule has 0 aromatic heterocycles. The lowest BCUT2D eigenvalue weighted by molar-refractivity contribution is 0.00206. The highest BCUT2D eigenvalue weighted by Gasteiger charge is 2.11. The Morgan fingerprint density at radius 3 is 1.64 bits per heavy atom. The number of ether oxygens (including phenoxy) is 4. The summed E-state index contributed by atoms with van der Waals surface area (Å²) in [6.45, 7) is 5.53. The molecule has 1 aliphatic rings. The lowest BCUT2D eigenvalue weighted by Gasteiger charge is -2.25. The van der Waals surface area contributed by atoms with Gasteiger partial charge in [-0.2, -0.15) is 0 Å². The minimum Gasteiger partial charge on any atom is -0.377 e. The van der Waals surface area contributed by atoms with Crippen LogP contribution in [0, 0.1) is 5.82 Å². The van der Waals surface area contributed by atoms with Crippen molar-refractivity contribution in [2.75, 3.05) is 70.8 Å². The van der Waals surface area contributed by atoms with Crippen LogP contribution < -0.4 is 4.90 Å². The Balaban J connectivity index is 1.89. The van der Waals surface area contributed by atoms with Gasteiger partial charge in [-0.05, 0) is 12.1 Å². The molecule has 0 saturated carbocycles. The molecule has 1 saturated heterocycles. The lowest BCUT2D eigenvalue weighted by atomic mass is 10.2. The number of nitrogens with zero attached hydrogens (tertiary/aromatic N) is 1. The number of anilines is 1. The van der Waals surface area contributed by atoms with E-state index in [4.69, 9.17) is 18.9 Å². The molecule has 0 spiro atoms. The number of hydrogen-bond donors (Lipinski definition) is 0. The lowest BCUT2D eigenvalue weighted by Crippen LogP contribution is -2.32. The zero-order valence-electron chi connectivity index (χ0n) is 12.8. The summed E-state index contributed by atoms with van der Waals surface area (Å²) in [7, 11) is 0. The van der Waals surface area contributed by atoms with Crippen molar-refractivity contribution in [1.29, 1.82) is 0 Å². The van der Waals surface area contributed by atoms with Crippen LogP contribution in [0.15, 0.2) is 24.3 Å². The first kappa shape index (κ1) is 17.1. The van der Waals surface area contributed by atoms with Gasteiger partial charge < -0.3 is 23.8 Å². The van der Waals surface area contributed by atoms with E-state index >= 15 is 0 Å². The van der Waals surface area contributed by atoms with E-state index in [0.29, 0.717) is 71.6 Å². The Morgan fingerprint density at radius 1 is 0.682 bits per heavy atom. The van der Waals surface area contributed by atoms with Crippen molar-refractivity contribution in [1.82, 2.24) is 0 Å². The van der Waals surface area contributed by atoms with Gasteiger partial charge in [-0.3, -0.25) is 0 Å². The number of rotatable bonds is 1. The number of hydrogen-bond acceptors (Lipinski definition) is 5. The highest BCUT2D eigenvalue weighted by molar-refractivity contribution is 5.47. The van der Waals surface area contributed by atoms with E-state index in [0.717, 1.165) is 0 Å². The van der Waals surface area contributed by atoms with Gasteiger partial charge in [0.25, 0.3) is 0 Å². The van der Waals surface area contributed by atoms with Gasteiger partial charge >= 0.3 is 0 Å².